The van der Waals surface area contributed by atoms with Gasteiger partial charge in [0.1, 0.15) is 12.1 Å². The van der Waals surface area contributed by atoms with E-state index in [2.05, 4.69) is 26.0 Å². The summed E-state index contributed by atoms with van der Waals surface area (Å²) in [7, 11) is 0. The summed E-state index contributed by atoms with van der Waals surface area (Å²) in [6.45, 7) is 1.72. The summed E-state index contributed by atoms with van der Waals surface area (Å²) < 4.78 is 6.36. The normalized spacial score (nSPS) is 10.4. The van der Waals surface area contributed by atoms with Gasteiger partial charge in [-0.25, -0.2) is 4.68 Å². The third kappa shape index (κ3) is 2.39. The van der Waals surface area contributed by atoms with Crippen LogP contribution in [0.1, 0.15) is 16.2 Å². The quantitative estimate of drug-likeness (QED) is 0.768. The Labute approximate surface area is 113 Å². The van der Waals surface area contributed by atoms with Gasteiger partial charge in [0.2, 0.25) is 0 Å². The van der Waals surface area contributed by atoms with Gasteiger partial charge in [0.15, 0.2) is 5.69 Å². The SMILES string of the molecule is Cc1cc(C(=O)Nc2cccc(-n3cnnn3)c2)no1. The summed E-state index contributed by atoms with van der Waals surface area (Å²) in [5, 5.41) is 17.3. The number of hydrogen-bond acceptors (Lipinski definition) is 6. The number of nitrogens with zero attached hydrogens (tertiary/aromatic N) is 5. The molecular weight excluding hydrogens is 260 g/mol. The minimum atomic E-state index is -0.337. The van der Waals surface area contributed by atoms with Crippen LogP contribution >= 0.6 is 0 Å². The van der Waals surface area contributed by atoms with Crippen LogP contribution < -0.4 is 5.32 Å². The highest BCUT2D eigenvalue weighted by molar-refractivity contribution is 6.02. The number of tetrazole rings is 1. The number of aryl methyl sites for hydroxylation is 1. The van der Waals surface area contributed by atoms with Gasteiger partial charge < -0.3 is 9.84 Å². The zero-order valence-corrected chi connectivity index (χ0v) is 10.5. The maximum atomic E-state index is 11.9. The fraction of sp³-hybridized carbons (Fsp3) is 0.0833. The second kappa shape index (κ2) is 4.92. The third-order valence-corrected chi connectivity index (χ3v) is 2.58. The second-order valence-corrected chi connectivity index (χ2v) is 4.08. The lowest BCUT2D eigenvalue weighted by molar-refractivity contribution is 0.101. The summed E-state index contributed by atoms with van der Waals surface area (Å²) in [5.41, 5.74) is 1.59. The van der Waals surface area contributed by atoms with E-state index >= 15 is 0 Å². The van der Waals surface area contributed by atoms with Gasteiger partial charge in [-0.3, -0.25) is 4.79 Å². The number of anilines is 1. The van der Waals surface area contributed by atoms with Crippen molar-refractivity contribution in [2.45, 2.75) is 6.92 Å². The predicted octanol–water partition coefficient (Wildman–Crippen LogP) is 1.21. The molecule has 0 atom stereocenters. The molecule has 20 heavy (non-hydrogen) atoms. The van der Waals surface area contributed by atoms with Gasteiger partial charge in [-0.1, -0.05) is 11.2 Å². The first kappa shape index (κ1) is 12.0. The zero-order chi connectivity index (χ0) is 13.9. The number of aromatic nitrogens is 5. The summed E-state index contributed by atoms with van der Waals surface area (Å²) >= 11 is 0. The molecule has 8 nitrogen and oxygen atoms in total. The first-order valence-electron chi connectivity index (χ1n) is 5.80. The van der Waals surface area contributed by atoms with E-state index in [1.165, 1.54) is 11.0 Å². The molecule has 0 aliphatic heterocycles. The Hall–Kier alpha value is -3.03. The maximum Gasteiger partial charge on any atom is 0.277 e. The van der Waals surface area contributed by atoms with Crippen molar-refractivity contribution in [1.29, 1.82) is 0 Å². The Kier molecular flexibility index (Phi) is 2.96. The van der Waals surface area contributed by atoms with Gasteiger partial charge in [0.05, 0.1) is 5.69 Å². The molecule has 0 radical (unpaired) electrons. The van der Waals surface area contributed by atoms with Crippen molar-refractivity contribution in [2.24, 2.45) is 0 Å². The zero-order valence-electron chi connectivity index (χ0n) is 10.5. The smallest absolute Gasteiger partial charge is 0.277 e. The molecule has 3 aromatic rings. The fourth-order valence-corrected chi connectivity index (χ4v) is 1.67. The van der Waals surface area contributed by atoms with E-state index in [1.807, 2.05) is 6.07 Å². The van der Waals surface area contributed by atoms with E-state index in [0.717, 1.165) is 5.69 Å². The van der Waals surface area contributed by atoms with Crippen LogP contribution in [0.25, 0.3) is 5.69 Å². The molecule has 0 fully saturated rings. The first-order valence-corrected chi connectivity index (χ1v) is 5.80. The molecule has 100 valence electrons. The topological polar surface area (TPSA) is 98.7 Å². The van der Waals surface area contributed by atoms with Crippen molar-refractivity contribution in [3.8, 4) is 5.69 Å². The van der Waals surface area contributed by atoms with Crippen LogP contribution in [-0.4, -0.2) is 31.3 Å². The standard InChI is InChI=1S/C12H10N6O2/c1-8-5-11(15-20-8)12(19)14-9-3-2-4-10(6-9)18-7-13-16-17-18/h2-7H,1H3,(H,14,19). The van der Waals surface area contributed by atoms with Gasteiger partial charge in [-0.2, -0.15) is 0 Å². The molecule has 0 aliphatic rings. The van der Waals surface area contributed by atoms with Crippen molar-refractivity contribution >= 4 is 11.6 Å². The Balaban J connectivity index is 1.81. The highest BCUT2D eigenvalue weighted by atomic mass is 16.5. The third-order valence-electron chi connectivity index (χ3n) is 2.58. The van der Waals surface area contributed by atoms with Gasteiger partial charge in [-0.05, 0) is 35.5 Å². The number of carbonyl (C=O) groups excluding carboxylic acids is 1. The minimum absolute atomic E-state index is 0.232. The molecule has 0 aliphatic carbocycles. The van der Waals surface area contributed by atoms with Crippen LogP contribution in [0.2, 0.25) is 0 Å². The average Bonchev–Trinajstić information content (AvgIpc) is 3.10. The number of benzene rings is 1. The molecule has 1 aromatic carbocycles. The number of amides is 1. The highest BCUT2D eigenvalue weighted by Gasteiger charge is 2.11. The molecule has 0 saturated heterocycles. The van der Waals surface area contributed by atoms with Crippen molar-refractivity contribution in [3.63, 3.8) is 0 Å². The summed E-state index contributed by atoms with van der Waals surface area (Å²) in [4.78, 5) is 11.9. The van der Waals surface area contributed by atoms with E-state index in [9.17, 15) is 4.79 Å². The molecule has 2 aromatic heterocycles. The summed E-state index contributed by atoms with van der Waals surface area (Å²) in [6.07, 6.45) is 1.47. The molecule has 3 rings (SSSR count). The molecule has 0 bridgehead atoms. The highest BCUT2D eigenvalue weighted by Crippen LogP contribution is 2.14. The van der Waals surface area contributed by atoms with Crippen LogP contribution in [0, 0.1) is 6.92 Å². The number of rotatable bonds is 3. The molecule has 0 spiro atoms. The summed E-state index contributed by atoms with van der Waals surface area (Å²) in [5.74, 6) is 0.244. The van der Waals surface area contributed by atoms with E-state index < -0.39 is 0 Å². The first-order chi connectivity index (χ1) is 9.72. The lowest BCUT2D eigenvalue weighted by Crippen LogP contribution is -2.12. The number of hydrogen-bond donors (Lipinski definition) is 1. The van der Waals surface area contributed by atoms with Crippen molar-refractivity contribution < 1.29 is 9.32 Å². The van der Waals surface area contributed by atoms with Crippen LogP contribution in [0.4, 0.5) is 5.69 Å². The molecule has 8 heteroatoms. The fourth-order valence-electron chi connectivity index (χ4n) is 1.67. The van der Waals surface area contributed by atoms with Crippen molar-refractivity contribution in [3.05, 3.63) is 48.1 Å². The molecule has 0 unspecified atom stereocenters. The summed E-state index contributed by atoms with van der Waals surface area (Å²) in [6, 6.07) is 8.70. The van der Waals surface area contributed by atoms with Crippen LogP contribution in [-0.2, 0) is 0 Å². The van der Waals surface area contributed by atoms with Gasteiger partial charge in [0.25, 0.3) is 5.91 Å². The predicted molar refractivity (Wildman–Crippen MR) is 68.3 cm³/mol. The Morgan fingerprint density at radius 1 is 1.35 bits per heavy atom. The number of carbonyl (C=O) groups is 1. The van der Waals surface area contributed by atoms with E-state index in [0.29, 0.717) is 11.4 Å². The molecule has 2 heterocycles. The van der Waals surface area contributed by atoms with E-state index in [-0.39, 0.29) is 11.6 Å². The van der Waals surface area contributed by atoms with Gasteiger partial charge in [0, 0.05) is 11.8 Å². The maximum absolute atomic E-state index is 11.9. The van der Waals surface area contributed by atoms with Crippen molar-refractivity contribution in [2.75, 3.05) is 5.32 Å². The molecular formula is C12H10N6O2. The van der Waals surface area contributed by atoms with Crippen molar-refractivity contribution in [1.82, 2.24) is 25.4 Å². The molecule has 1 amide bonds. The Morgan fingerprint density at radius 3 is 2.95 bits per heavy atom. The monoisotopic (exact) mass is 270 g/mol. The Bertz CT molecular complexity index is 734. The average molecular weight is 270 g/mol. The largest absolute Gasteiger partial charge is 0.361 e. The lowest BCUT2D eigenvalue weighted by atomic mass is 10.2. The van der Waals surface area contributed by atoms with Gasteiger partial charge in [-0.15, -0.1) is 5.10 Å². The Morgan fingerprint density at radius 2 is 2.25 bits per heavy atom. The number of nitrogens with one attached hydrogen (secondary N) is 1. The molecule has 1 N–H and O–H groups in total. The van der Waals surface area contributed by atoms with Crippen LogP contribution in [0.5, 0.6) is 0 Å². The second-order valence-electron chi connectivity index (χ2n) is 4.08. The van der Waals surface area contributed by atoms with E-state index in [4.69, 9.17) is 4.52 Å². The van der Waals surface area contributed by atoms with Gasteiger partial charge >= 0.3 is 0 Å². The lowest BCUT2D eigenvalue weighted by Gasteiger charge is -2.05. The molecule has 0 saturated carbocycles. The van der Waals surface area contributed by atoms with E-state index in [1.54, 1.807) is 31.2 Å². The minimum Gasteiger partial charge on any atom is -0.361 e. The van der Waals surface area contributed by atoms with Crippen LogP contribution in [0.3, 0.4) is 0 Å². The van der Waals surface area contributed by atoms with Crippen LogP contribution in [0.15, 0.2) is 41.2 Å².